The summed E-state index contributed by atoms with van der Waals surface area (Å²) in [6.07, 6.45) is 3.02. The lowest BCUT2D eigenvalue weighted by Crippen LogP contribution is -2.48. The largest absolute Gasteiger partial charge is 0.351 e. The van der Waals surface area contributed by atoms with Crippen molar-refractivity contribution in [3.05, 3.63) is 46.0 Å². The number of nitrogens with zero attached hydrogens (tertiary/aromatic N) is 4. The molecule has 1 aliphatic rings. The van der Waals surface area contributed by atoms with E-state index in [-0.39, 0.29) is 17.0 Å². The van der Waals surface area contributed by atoms with Crippen LogP contribution in [-0.2, 0) is 0 Å². The van der Waals surface area contributed by atoms with Crippen molar-refractivity contribution in [3.63, 3.8) is 0 Å². The number of likely N-dealkylation sites (N-methyl/N-ethyl adjacent to an activating group) is 1. The molecule has 0 spiro atoms. The van der Waals surface area contributed by atoms with Gasteiger partial charge in [-0.25, -0.2) is 4.98 Å². The zero-order chi connectivity index (χ0) is 17.8. The molecule has 3 heterocycles. The first-order valence-electron chi connectivity index (χ1n) is 8.80. The maximum absolute atomic E-state index is 12.5. The summed E-state index contributed by atoms with van der Waals surface area (Å²) in [6, 6.07) is 3.67. The van der Waals surface area contributed by atoms with Gasteiger partial charge in [-0.05, 0) is 25.1 Å². The standard InChI is InChI=1S/C18H25N5O2/c1-3-21-9-11-22(12-10-21)8-6-19-17(24)15-13-20-16-14(2)5-4-7-23(16)18(15)25/h4-5,7,13H,3,6,8-12H2,1-2H3,(H,19,24). The SMILES string of the molecule is CCN1CCN(CCNC(=O)c2cnc3c(C)cccn3c2=O)CC1. The molecule has 1 fully saturated rings. The number of aryl methyl sites for hydroxylation is 1. The summed E-state index contributed by atoms with van der Waals surface area (Å²) in [5.41, 5.74) is 1.23. The molecule has 1 amide bonds. The highest BCUT2D eigenvalue weighted by atomic mass is 16.2. The highest BCUT2D eigenvalue weighted by Crippen LogP contribution is 2.05. The van der Waals surface area contributed by atoms with Crippen LogP contribution in [0.1, 0.15) is 22.8 Å². The molecule has 3 rings (SSSR count). The summed E-state index contributed by atoms with van der Waals surface area (Å²) in [5, 5.41) is 2.84. The molecule has 134 valence electrons. The monoisotopic (exact) mass is 343 g/mol. The second-order valence-electron chi connectivity index (χ2n) is 6.39. The van der Waals surface area contributed by atoms with Crippen LogP contribution in [-0.4, -0.2) is 70.9 Å². The van der Waals surface area contributed by atoms with Crippen LogP contribution in [0.3, 0.4) is 0 Å². The van der Waals surface area contributed by atoms with Gasteiger partial charge in [0.2, 0.25) is 0 Å². The summed E-state index contributed by atoms with van der Waals surface area (Å²) in [6.45, 7) is 10.6. The van der Waals surface area contributed by atoms with Gasteiger partial charge in [-0.1, -0.05) is 13.0 Å². The van der Waals surface area contributed by atoms with E-state index in [9.17, 15) is 9.59 Å². The fourth-order valence-corrected chi connectivity index (χ4v) is 3.15. The van der Waals surface area contributed by atoms with Crippen LogP contribution in [0.25, 0.3) is 5.65 Å². The smallest absolute Gasteiger partial charge is 0.270 e. The minimum Gasteiger partial charge on any atom is -0.351 e. The van der Waals surface area contributed by atoms with E-state index >= 15 is 0 Å². The van der Waals surface area contributed by atoms with E-state index in [1.165, 1.54) is 10.6 Å². The van der Waals surface area contributed by atoms with Crippen LogP contribution >= 0.6 is 0 Å². The first-order valence-corrected chi connectivity index (χ1v) is 8.80. The van der Waals surface area contributed by atoms with Crippen LogP contribution in [0.4, 0.5) is 0 Å². The van der Waals surface area contributed by atoms with Gasteiger partial charge in [0.25, 0.3) is 11.5 Å². The molecule has 0 bridgehead atoms. The van der Waals surface area contributed by atoms with E-state index in [1.807, 2.05) is 13.0 Å². The lowest BCUT2D eigenvalue weighted by molar-refractivity contribution is 0.0936. The van der Waals surface area contributed by atoms with Crippen molar-refractivity contribution in [1.29, 1.82) is 0 Å². The molecule has 1 saturated heterocycles. The third-order valence-corrected chi connectivity index (χ3v) is 4.80. The minimum absolute atomic E-state index is 0.0823. The second-order valence-corrected chi connectivity index (χ2v) is 6.39. The number of fused-ring (bicyclic) bond motifs is 1. The normalized spacial score (nSPS) is 16.2. The third-order valence-electron chi connectivity index (χ3n) is 4.80. The predicted octanol–water partition coefficient (Wildman–Crippen LogP) is 0.370. The lowest BCUT2D eigenvalue weighted by Gasteiger charge is -2.33. The van der Waals surface area contributed by atoms with Crippen molar-refractivity contribution in [3.8, 4) is 0 Å². The summed E-state index contributed by atoms with van der Waals surface area (Å²) in [5.74, 6) is -0.361. The molecule has 1 N–H and O–H groups in total. The van der Waals surface area contributed by atoms with Crippen molar-refractivity contribution in [2.45, 2.75) is 13.8 Å². The fraction of sp³-hybridized carbons (Fsp3) is 0.500. The highest BCUT2D eigenvalue weighted by molar-refractivity contribution is 5.93. The van der Waals surface area contributed by atoms with Crippen molar-refractivity contribution >= 4 is 11.6 Å². The van der Waals surface area contributed by atoms with E-state index in [0.29, 0.717) is 12.2 Å². The van der Waals surface area contributed by atoms with Gasteiger partial charge in [-0.15, -0.1) is 0 Å². The molecule has 0 atom stereocenters. The van der Waals surface area contributed by atoms with Gasteiger partial charge in [0, 0.05) is 51.7 Å². The average Bonchev–Trinajstić information content (AvgIpc) is 2.63. The van der Waals surface area contributed by atoms with Crippen molar-refractivity contribution in [2.24, 2.45) is 0 Å². The molecular weight excluding hydrogens is 318 g/mol. The quantitative estimate of drug-likeness (QED) is 0.849. The Balaban J connectivity index is 1.60. The second kappa shape index (κ2) is 7.76. The molecular formula is C18H25N5O2. The summed E-state index contributed by atoms with van der Waals surface area (Å²) >= 11 is 0. The van der Waals surface area contributed by atoms with Crippen LogP contribution in [0.15, 0.2) is 29.3 Å². The molecule has 2 aromatic rings. The number of rotatable bonds is 5. The number of nitrogens with one attached hydrogen (secondary N) is 1. The van der Waals surface area contributed by atoms with Gasteiger partial charge in [-0.3, -0.25) is 18.9 Å². The van der Waals surface area contributed by atoms with Gasteiger partial charge < -0.3 is 10.2 Å². The molecule has 0 saturated carbocycles. The number of amides is 1. The molecule has 25 heavy (non-hydrogen) atoms. The minimum atomic E-state index is -0.361. The molecule has 0 aliphatic carbocycles. The fourth-order valence-electron chi connectivity index (χ4n) is 3.15. The molecule has 7 heteroatoms. The molecule has 0 aromatic carbocycles. The average molecular weight is 343 g/mol. The van der Waals surface area contributed by atoms with Gasteiger partial charge in [0.15, 0.2) is 0 Å². The Morgan fingerprint density at radius 2 is 1.96 bits per heavy atom. The lowest BCUT2D eigenvalue weighted by atomic mass is 10.2. The number of piperazine rings is 1. The number of aromatic nitrogens is 2. The van der Waals surface area contributed by atoms with Crippen molar-refractivity contribution < 1.29 is 4.79 Å². The summed E-state index contributed by atoms with van der Waals surface area (Å²) < 4.78 is 1.42. The van der Waals surface area contributed by atoms with Crippen molar-refractivity contribution in [1.82, 2.24) is 24.5 Å². The summed E-state index contributed by atoms with van der Waals surface area (Å²) in [7, 11) is 0. The molecule has 0 unspecified atom stereocenters. The number of carbonyl (C=O) groups excluding carboxylic acids is 1. The van der Waals surface area contributed by atoms with Crippen LogP contribution in [0.5, 0.6) is 0 Å². The Bertz CT molecular complexity index is 809. The molecule has 0 radical (unpaired) electrons. The Morgan fingerprint density at radius 3 is 2.68 bits per heavy atom. The molecule has 2 aromatic heterocycles. The first-order chi connectivity index (χ1) is 12.1. The topological polar surface area (TPSA) is 69.9 Å². The number of hydrogen-bond donors (Lipinski definition) is 1. The maximum Gasteiger partial charge on any atom is 0.270 e. The van der Waals surface area contributed by atoms with Crippen LogP contribution in [0.2, 0.25) is 0 Å². The van der Waals surface area contributed by atoms with E-state index in [4.69, 9.17) is 0 Å². The Hall–Kier alpha value is -2.25. The van der Waals surface area contributed by atoms with Crippen LogP contribution < -0.4 is 10.9 Å². The zero-order valence-corrected chi connectivity index (χ0v) is 14.9. The van der Waals surface area contributed by atoms with E-state index < -0.39 is 0 Å². The Morgan fingerprint density at radius 1 is 1.24 bits per heavy atom. The predicted molar refractivity (Wildman–Crippen MR) is 97.1 cm³/mol. The highest BCUT2D eigenvalue weighted by Gasteiger charge is 2.17. The van der Waals surface area contributed by atoms with Crippen molar-refractivity contribution in [2.75, 3.05) is 45.8 Å². The van der Waals surface area contributed by atoms with E-state index in [1.54, 1.807) is 12.3 Å². The summed E-state index contributed by atoms with van der Waals surface area (Å²) in [4.78, 5) is 33.9. The van der Waals surface area contributed by atoms with Gasteiger partial charge in [-0.2, -0.15) is 0 Å². The Labute approximate surface area is 147 Å². The number of pyridine rings is 1. The zero-order valence-electron chi connectivity index (χ0n) is 14.9. The Kier molecular flexibility index (Phi) is 5.45. The van der Waals surface area contributed by atoms with Crippen LogP contribution in [0, 0.1) is 6.92 Å². The number of carbonyl (C=O) groups is 1. The van der Waals surface area contributed by atoms with Gasteiger partial charge in [0.05, 0.1) is 0 Å². The van der Waals surface area contributed by atoms with Gasteiger partial charge >= 0.3 is 0 Å². The van der Waals surface area contributed by atoms with E-state index in [0.717, 1.165) is 44.8 Å². The third kappa shape index (κ3) is 3.88. The van der Waals surface area contributed by atoms with E-state index in [2.05, 4.69) is 27.0 Å². The maximum atomic E-state index is 12.5. The molecule has 7 nitrogen and oxygen atoms in total. The number of hydrogen-bond acceptors (Lipinski definition) is 5. The van der Waals surface area contributed by atoms with Gasteiger partial charge in [0.1, 0.15) is 11.2 Å². The first kappa shape index (κ1) is 17.6. The molecule has 1 aliphatic heterocycles.